The Labute approximate surface area is 168 Å². The van der Waals surface area contributed by atoms with Crippen molar-refractivity contribution in [2.24, 2.45) is 0 Å². The molecule has 1 atom stereocenters. The van der Waals surface area contributed by atoms with Gasteiger partial charge in [0.05, 0.1) is 22.8 Å². The predicted molar refractivity (Wildman–Crippen MR) is 114 cm³/mol. The maximum Gasteiger partial charge on any atom is 0.254 e. The van der Waals surface area contributed by atoms with Crippen LogP contribution in [0.1, 0.15) is 23.7 Å². The zero-order chi connectivity index (χ0) is 20.2. The summed E-state index contributed by atoms with van der Waals surface area (Å²) >= 11 is 0. The molecule has 0 radical (unpaired) electrons. The molecule has 1 heterocycles. The number of hydrogen-bond acceptors (Lipinski definition) is 5. The highest BCUT2D eigenvalue weighted by molar-refractivity contribution is 6.06. The van der Waals surface area contributed by atoms with Crippen molar-refractivity contribution in [2.45, 2.75) is 19.5 Å². The second-order valence-corrected chi connectivity index (χ2v) is 6.66. The predicted octanol–water partition coefficient (Wildman–Crippen LogP) is 4.26. The molecule has 29 heavy (non-hydrogen) atoms. The van der Waals surface area contributed by atoms with Crippen LogP contribution in [0.3, 0.4) is 0 Å². The van der Waals surface area contributed by atoms with Crippen LogP contribution in [-0.4, -0.2) is 29.1 Å². The lowest BCUT2D eigenvalue weighted by molar-refractivity contribution is 0.0931. The van der Waals surface area contributed by atoms with Crippen LogP contribution in [0.2, 0.25) is 0 Å². The minimum atomic E-state index is -0.188. The average molecular weight is 386 g/mol. The van der Waals surface area contributed by atoms with Crippen molar-refractivity contribution >= 4 is 28.0 Å². The Hall–Kier alpha value is -3.51. The molecule has 0 aliphatic heterocycles. The number of hydrogen-bond donors (Lipinski definition) is 2. The van der Waals surface area contributed by atoms with Gasteiger partial charge in [0.25, 0.3) is 5.91 Å². The van der Waals surface area contributed by atoms with Crippen molar-refractivity contribution in [3.05, 3.63) is 72.3 Å². The minimum absolute atomic E-state index is 0.108. The third-order valence-electron chi connectivity index (χ3n) is 4.73. The number of carbonyl (C=O) groups is 1. The molecule has 0 saturated carbocycles. The first-order chi connectivity index (χ1) is 14.2. The standard InChI is InChI=1S/C23H22N4O2/c1-3-20(24-2)26-23(28)16-11-7-12-17-21(16)27-22-18(25-17)13-8-14-19(22)29-15-9-5-4-6-10-15/h4-14,20,24H,3H2,1-2H3,(H,26,28). The van der Waals surface area contributed by atoms with Crippen molar-refractivity contribution in [1.82, 2.24) is 20.6 Å². The summed E-state index contributed by atoms with van der Waals surface area (Å²) in [5, 5.41) is 6.06. The lowest BCUT2D eigenvalue weighted by Gasteiger charge is -2.16. The van der Waals surface area contributed by atoms with Gasteiger partial charge >= 0.3 is 0 Å². The summed E-state index contributed by atoms with van der Waals surface area (Å²) in [4.78, 5) is 22.3. The topological polar surface area (TPSA) is 76.1 Å². The van der Waals surface area contributed by atoms with E-state index in [1.807, 2.05) is 74.6 Å². The molecule has 0 aliphatic rings. The van der Waals surface area contributed by atoms with Crippen LogP contribution in [-0.2, 0) is 0 Å². The maximum absolute atomic E-state index is 12.8. The molecule has 2 N–H and O–H groups in total. The van der Waals surface area contributed by atoms with Gasteiger partial charge in [-0.3, -0.25) is 4.79 Å². The van der Waals surface area contributed by atoms with Crippen LogP contribution in [0.4, 0.5) is 0 Å². The van der Waals surface area contributed by atoms with Gasteiger partial charge < -0.3 is 15.4 Å². The number of nitrogens with zero attached hydrogens (tertiary/aromatic N) is 2. The first-order valence-electron chi connectivity index (χ1n) is 9.60. The summed E-state index contributed by atoms with van der Waals surface area (Å²) in [6.45, 7) is 2.01. The highest BCUT2D eigenvalue weighted by atomic mass is 16.5. The van der Waals surface area contributed by atoms with E-state index in [0.29, 0.717) is 39.1 Å². The number of para-hydroxylation sites is 3. The molecule has 3 aromatic carbocycles. The largest absolute Gasteiger partial charge is 0.455 e. The van der Waals surface area contributed by atoms with Crippen LogP contribution >= 0.6 is 0 Å². The smallest absolute Gasteiger partial charge is 0.254 e. The van der Waals surface area contributed by atoms with Crippen molar-refractivity contribution in [2.75, 3.05) is 7.05 Å². The van der Waals surface area contributed by atoms with E-state index in [0.717, 1.165) is 6.42 Å². The Bertz CT molecular complexity index is 1160. The van der Waals surface area contributed by atoms with E-state index in [9.17, 15) is 4.79 Å². The molecule has 6 heteroatoms. The quantitative estimate of drug-likeness (QED) is 0.382. The average Bonchev–Trinajstić information content (AvgIpc) is 2.76. The lowest BCUT2D eigenvalue weighted by Crippen LogP contribution is -2.43. The molecule has 146 valence electrons. The molecule has 1 amide bonds. The molecular formula is C23H22N4O2. The summed E-state index contributed by atoms with van der Waals surface area (Å²) < 4.78 is 6.03. The molecule has 1 unspecified atom stereocenters. The van der Waals surface area contributed by atoms with E-state index >= 15 is 0 Å². The number of fused-ring (bicyclic) bond motifs is 2. The van der Waals surface area contributed by atoms with E-state index in [4.69, 9.17) is 14.7 Å². The fourth-order valence-electron chi connectivity index (χ4n) is 3.19. The second-order valence-electron chi connectivity index (χ2n) is 6.66. The van der Waals surface area contributed by atoms with Gasteiger partial charge in [0, 0.05) is 0 Å². The molecule has 6 nitrogen and oxygen atoms in total. The zero-order valence-electron chi connectivity index (χ0n) is 16.3. The van der Waals surface area contributed by atoms with Crippen LogP contribution in [0, 0.1) is 0 Å². The molecule has 1 aromatic heterocycles. The van der Waals surface area contributed by atoms with Gasteiger partial charge in [-0.05, 0) is 49.9 Å². The van der Waals surface area contributed by atoms with E-state index in [1.54, 1.807) is 6.07 Å². The SMILES string of the molecule is CCC(NC)NC(=O)c1cccc2nc3cccc(Oc4ccccc4)c3nc12. The molecule has 0 bridgehead atoms. The summed E-state index contributed by atoms with van der Waals surface area (Å²) in [5.41, 5.74) is 3.03. The Morgan fingerprint density at radius 2 is 1.66 bits per heavy atom. The summed E-state index contributed by atoms with van der Waals surface area (Å²) in [7, 11) is 1.82. The number of benzene rings is 3. The Kier molecular flexibility index (Phi) is 5.35. The first-order valence-corrected chi connectivity index (χ1v) is 9.60. The number of aromatic nitrogens is 2. The minimum Gasteiger partial charge on any atom is -0.455 e. The van der Waals surface area contributed by atoms with E-state index in [2.05, 4.69) is 10.6 Å². The molecule has 0 aliphatic carbocycles. The van der Waals surface area contributed by atoms with Gasteiger partial charge in [0.2, 0.25) is 0 Å². The lowest BCUT2D eigenvalue weighted by atomic mass is 10.1. The van der Waals surface area contributed by atoms with E-state index in [-0.39, 0.29) is 12.1 Å². The van der Waals surface area contributed by atoms with Gasteiger partial charge in [-0.1, -0.05) is 37.3 Å². The Morgan fingerprint density at radius 1 is 0.931 bits per heavy atom. The molecule has 4 rings (SSSR count). The Balaban J connectivity index is 1.81. The van der Waals surface area contributed by atoms with Gasteiger partial charge in [-0.25, -0.2) is 9.97 Å². The summed E-state index contributed by atoms with van der Waals surface area (Å²) in [6.07, 6.45) is 0.666. The zero-order valence-corrected chi connectivity index (χ0v) is 16.3. The maximum atomic E-state index is 12.8. The number of ether oxygens (including phenoxy) is 1. The van der Waals surface area contributed by atoms with Crippen molar-refractivity contribution in [3.8, 4) is 11.5 Å². The fraction of sp³-hybridized carbons (Fsp3) is 0.174. The number of amides is 1. The molecule has 0 saturated heterocycles. The van der Waals surface area contributed by atoms with Crippen LogP contribution in [0.5, 0.6) is 11.5 Å². The monoisotopic (exact) mass is 386 g/mol. The molecule has 4 aromatic rings. The van der Waals surface area contributed by atoms with E-state index < -0.39 is 0 Å². The number of rotatable bonds is 6. The molecule has 0 fully saturated rings. The van der Waals surface area contributed by atoms with Gasteiger partial charge in [0.1, 0.15) is 16.8 Å². The highest BCUT2D eigenvalue weighted by Crippen LogP contribution is 2.29. The van der Waals surface area contributed by atoms with Crippen molar-refractivity contribution in [3.63, 3.8) is 0 Å². The fourth-order valence-corrected chi connectivity index (χ4v) is 3.19. The van der Waals surface area contributed by atoms with Crippen LogP contribution in [0.25, 0.3) is 22.1 Å². The second kappa shape index (κ2) is 8.24. The van der Waals surface area contributed by atoms with Crippen LogP contribution in [0.15, 0.2) is 66.7 Å². The molecular weight excluding hydrogens is 364 g/mol. The molecule has 0 spiro atoms. The first kappa shape index (κ1) is 18.8. The van der Waals surface area contributed by atoms with Crippen molar-refractivity contribution < 1.29 is 9.53 Å². The van der Waals surface area contributed by atoms with Crippen molar-refractivity contribution in [1.29, 1.82) is 0 Å². The summed E-state index contributed by atoms with van der Waals surface area (Å²) in [5.74, 6) is 1.12. The van der Waals surface area contributed by atoms with Crippen LogP contribution < -0.4 is 15.4 Å². The van der Waals surface area contributed by atoms with Gasteiger partial charge in [0.15, 0.2) is 5.75 Å². The van der Waals surface area contributed by atoms with E-state index in [1.165, 1.54) is 0 Å². The summed E-state index contributed by atoms with van der Waals surface area (Å²) in [6, 6.07) is 20.6. The third-order valence-corrected chi connectivity index (χ3v) is 4.73. The normalized spacial score (nSPS) is 12.1. The van der Waals surface area contributed by atoms with Gasteiger partial charge in [-0.15, -0.1) is 0 Å². The third kappa shape index (κ3) is 3.88. The number of nitrogens with one attached hydrogen (secondary N) is 2. The van der Waals surface area contributed by atoms with Gasteiger partial charge in [-0.2, -0.15) is 0 Å². The number of carbonyl (C=O) groups excluding carboxylic acids is 1. The Morgan fingerprint density at radius 3 is 2.38 bits per heavy atom. The highest BCUT2D eigenvalue weighted by Gasteiger charge is 2.16.